The van der Waals surface area contributed by atoms with E-state index in [1.165, 1.54) is 21.8 Å². The number of carbonyl (C=O) groups excluding carboxylic acids is 1. The van der Waals surface area contributed by atoms with E-state index in [0.717, 1.165) is 22.2 Å². The maximum Gasteiger partial charge on any atom is 0.257 e. The van der Waals surface area contributed by atoms with Gasteiger partial charge in [-0.3, -0.25) is 9.48 Å². The van der Waals surface area contributed by atoms with E-state index >= 15 is 0 Å². The summed E-state index contributed by atoms with van der Waals surface area (Å²) < 4.78 is 29.7. The molecular formula is C19H16BrF2N3O. The summed E-state index contributed by atoms with van der Waals surface area (Å²) in [5.74, 6) is -1.74. The summed E-state index contributed by atoms with van der Waals surface area (Å²) in [5.41, 5.74) is 1.48. The largest absolute Gasteiger partial charge is 0.337 e. The molecule has 0 spiro atoms. The van der Waals surface area contributed by atoms with Gasteiger partial charge in [0, 0.05) is 42.9 Å². The van der Waals surface area contributed by atoms with Gasteiger partial charge in [-0.25, -0.2) is 8.78 Å². The van der Waals surface area contributed by atoms with Crippen molar-refractivity contribution in [1.29, 1.82) is 0 Å². The zero-order valence-electron chi connectivity index (χ0n) is 14.2. The molecule has 4 nitrogen and oxygen atoms in total. The first-order valence-corrected chi connectivity index (χ1v) is 8.64. The van der Waals surface area contributed by atoms with Crippen LogP contribution in [0, 0.1) is 11.6 Å². The molecule has 0 aliphatic heterocycles. The molecule has 26 heavy (non-hydrogen) atoms. The molecule has 0 radical (unpaired) electrons. The van der Waals surface area contributed by atoms with Crippen molar-refractivity contribution in [2.75, 3.05) is 7.05 Å². The molecule has 0 bridgehead atoms. The highest BCUT2D eigenvalue weighted by Crippen LogP contribution is 2.27. The first-order chi connectivity index (χ1) is 12.4. The Kier molecular flexibility index (Phi) is 5.18. The van der Waals surface area contributed by atoms with E-state index in [9.17, 15) is 13.6 Å². The normalized spacial score (nSPS) is 10.8. The molecule has 2 aromatic carbocycles. The van der Waals surface area contributed by atoms with Gasteiger partial charge in [-0.05, 0) is 23.8 Å². The van der Waals surface area contributed by atoms with Crippen molar-refractivity contribution in [2.24, 2.45) is 7.05 Å². The SMILES string of the molecule is CN(Cc1ccccc1Br)C(=O)c1cn(C)nc1-c1ccc(F)cc1F. The van der Waals surface area contributed by atoms with E-state index in [1.54, 1.807) is 14.1 Å². The summed E-state index contributed by atoms with van der Waals surface area (Å²) >= 11 is 3.46. The van der Waals surface area contributed by atoms with Gasteiger partial charge in [0.05, 0.1) is 5.56 Å². The van der Waals surface area contributed by atoms with Crippen molar-refractivity contribution in [2.45, 2.75) is 6.54 Å². The van der Waals surface area contributed by atoms with Gasteiger partial charge >= 0.3 is 0 Å². The van der Waals surface area contributed by atoms with Crippen molar-refractivity contribution in [3.8, 4) is 11.3 Å². The second-order valence-corrected chi connectivity index (χ2v) is 6.80. The minimum atomic E-state index is -0.758. The van der Waals surface area contributed by atoms with E-state index < -0.39 is 11.6 Å². The van der Waals surface area contributed by atoms with Gasteiger partial charge in [-0.15, -0.1) is 0 Å². The second-order valence-electron chi connectivity index (χ2n) is 5.94. The van der Waals surface area contributed by atoms with Gasteiger partial charge in [-0.2, -0.15) is 5.10 Å². The van der Waals surface area contributed by atoms with Crippen LogP contribution in [0.2, 0.25) is 0 Å². The van der Waals surface area contributed by atoms with Crippen LogP contribution in [-0.2, 0) is 13.6 Å². The number of benzene rings is 2. The number of hydrogen-bond donors (Lipinski definition) is 0. The monoisotopic (exact) mass is 419 g/mol. The van der Waals surface area contributed by atoms with Gasteiger partial charge in [0.1, 0.15) is 17.3 Å². The molecule has 0 saturated heterocycles. The fraction of sp³-hybridized carbons (Fsp3) is 0.158. The van der Waals surface area contributed by atoms with Crippen LogP contribution in [0.15, 0.2) is 53.1 Å². The standard InChI is InChI=1S/C19H16BrF2N3O/c1-24(10-12-5-3-4-6-16(12)20)19(26)15-11-25(2)23-18(15)14-8-7-13(21)9-17(14)22/h3-9,11H,10H2,1-2H3. The summed E-state index contributed by atoms with van der Waals surface area (Å²) in [7, 11) is 3.31. The topological polar surface area (TPSA) is 38.1 Å². The molecule has 0 aliphatic rings. The number of aryl methyl sites for hydroxylation is 1. The van der Waals surface area contributed by atoms with Crippen LogP contribution in [0.3, 0.4) is 0 Å². The summed E-state index contributed by atoms with van der Waals surface area (Å²) in [5, 5.41) is 4.20. The van der Waals surface area contributed by atoms with Crippen molar-refractivity contribution in [3.63, 3.8) is 0 Å². The fourth-order valence-electron chi connectivity index (χ4n) is 2.68. The zero-order valence-corrected chi connectivity index (χ0v) is 15.8. The smallest absolute Gasteiger partial charge is 0.257 e. The lowest BCUT2D eigenvalue weighted by molar-refractivity contribution is 0.0785. The molecule has 3 aromatic rings. The second kappa shape index (κ2) is 7.37. The quantitative estimate of drug-likeness (QED) is 0.628. The van der Waals surface area contributed by atoms with E-state index in [0.29, 0.717) is 6.54 Å². The van der Waals surface area contributed by atoms with Gasteiger partial charge in [-0.1, -0.05) is 34.1 Å². The summed E-state index contributed by atoms with van der Waals surface area (Å²) in [4.78, 5) is 14.4. The highest BCUT2D eigenvalue weighted by Gasteiger charge is 2.23. The third kappa shape index (κ3) is 3.67. The number of nitrogens with zero attached hydrogens (tertiary/aromatic N) is 3. The van der Waals surface area contributed by atoms with Crippen LogP contribution in [0.5, 0.6) is 0 Å². The fourth-order valence-corrected chi connectivity index (χ4v) is 3.10. The average Bonchev–Trinajstić information content (AvgIpc) is 2.97. The minimum absolute atomic E-state index is 0.0876. The summed E-state index contributed by atoms with van der Waals surface area (Å²) in [6.45, 7) is 0.375. The van der Waals surface area contributed by atoms with Crippen molar-refractivity contribution < 1.29 is 13.6 Å². The molecule has 0 unspecified atom stereocenters. The third-order valence-electron chi connectivity index (χ3n) is 3.96. The van der Waals surface area contributed by atoms with Gasteiger partial charge < -0.3 is 4.90 Å². The average molecular weight is 420 g/mol. The number of carbonyl (C=O) groups is 1. The van der Waals surface area contributed by atoms with Crippen LogP contribution in [0.4, 0.5) is 8.78 Å². The Morgan fingerprint density at radius 1 is 1.23 bits per heavy atom. The Morgan fingerprint density at radius 2 is 1.96 bits per heavy atom. The van der Waals surface area contributed by atoms with Crippen molar-refractivity contribution >= 4 is 21.8 Å². The number of halogens is 3. The lowest BCUT2D eigenvalue weighted by atomic mass is 10.1. The molecule has 7 heteroatoms. The Morgan fingerprint density at radius 3 is 2.65 bits per heavy atom. The molecule has 3 rings (SSSR count). The summed E-state index contributed by atoms with van der Waals surface area (Å²) in [6.07, 6.45) is 1.54. The van der Waals surface area contributed by atoms with Crippen molar-refractivity contribution in [3.05, 3.63) is 75.9 Å². The van der Waals surface area contributed by atoms with Gasteiger partial charge in [0.2, 0.25) is 0 Å². The Bertz CT molecular complexity index is 971. The highest BCUT2D eigenvalue weighted by molar-refractivity contribution is 9.10. The first-order valence-electron chi connectivity index (χ1n) is 7.84. The van der Waals surface area contributed by atoms with Crippen LogP contribution < -0.4 is 0 Å². The Labute approximate surface area is 158 Å². The molecule has 1 heterocycles. The molecule has 0 atom stereocenters. The van der Waals surface area contributed by atoms with E-state index in [2.05, 4.69) is 21.0 Å². The number of amides is 1. The molecule has 0 saturated carbocycles. The lowest BCUT2D eigenvalue weighted by Gasteiger charge is -2.18. The van der Waals surface area contributed by atoms with E-state index in [-0.39, 0.29) is 22.7 Å². The Balaban J connectivity index is 1.94. The van der Waals surface area contributed by atoms with Gasteiger partial charge in [0.15, 0.2) is 0 Å². The van der Waals surface area contributed by atoms with Crippen molar-refractivity contribution in [1.82, 2.24) is 14.7 Å². The number of aromatic nitrogens is 2. The highest BCUT2D eigenvalue weighted by atomic mass is 79.9. The molecule has 134 valence electrons. The third-order valence-corrected chi connectivity index (χ3v) is 4.73. The maximum atomic E-state index is 14.2. The Hall–Kier alpha value is -2.54. The van der Waals surface area contributed by atoms with Gasteiger partial charge in [0.25, 0.3) is 5.91 Å². The number of rotatable bonds is 4. The van der Waals surface area contributed by atoms with Crippen LogP contribution in [0.1, 0.15) is 15.9 Å². The molecule has 0 fully saturated rings. The lowest BCUT2D eigenvalue weighted by Crippen LogP contribution is -2.26. The molecule has 0 aliphatic carbocycles. The summed E-state index contributed by atoms with van der Waals surface area (Å²) in [6, 6.07) is 10.8. The van der Waals surface area contributed by atoms with E-state index in [1.807, 2.05) is 24.3 Å². The molecule has 1 aromatic heterocycles. The maximum absolute atomic E-state index is 14.2. The zero-order chi connectivity index (χ0) is 18.8. The van der Waals surface area contributed by atoms with Crippen LogP contribution >= 0.6 is 15.9 Å². The van der Waals surface area contributed by atoms with E-state index in [4.69, 9.17) is 0 Å². The predicted molar refractivity (Wildman–Crippen MR) is 98.5 cm³/mol. The predicted octanol–water partition coefficient (Wildman–Crippen LogP) is 4.40. The minimum Gasteiger partial charge on any atom is -0.337 e. The molecular weight excluding hydrogens is 404 g/mol. The van der Waals surface area contributed by atoms with Crippen LogP contribution in [0.25, 0.3) is 11.3 Å². The first kappa shape index (κ1) is 18.3. The number of hydrogen-bond acceptors (Lipinski definition) is 2. The van der Waals surface area contributed by atoms with Crippen LogP contribution in [-0.4, -0.2) is 27.6 Å². The molecule has 1 amide bonds. The molecule has 0 N–H and O–H groups in total.